The van der Waals surface area contributed by atoms with Crippen molar-refractivity contribution in [2.45, 2.75) is 20.0 Å². The van der Waals surface area contributed by atoms with Crippen LogP contribution in [-0.4, -0.2) is 16.6 Å². The molecule has 0 aromatic heterocycles. The molecule has 0 spiro atoms. The summed E-state index contributed by atoms with van der Waals surface area (Å²) in [5.41, 5.74) is 2.39. The zero-order chi connectivity index (χ0) is 8.55. The van der Waals surface area contributed by atoms with Gasteiger partial charge < -0.3 is 5.11 Å². The third-order valence-electron chi connectivity index (χ3n) is 2.47. The first-order chi connectivity index (χ1) is 5.81. The van der Waals surface area contributed by atoms with Gasteiger partial charge >= 0.3 is 0 Å². The second-order valence-corrected chi connectivity index (χ2v) is 3.22. The van der Waals surface area contributed by atoms with Crippen molar-refractivity contribution in [3.05, 3.63) is 29.3 Å². The summed E-state index contributed by atoms with van der Waals surface area (Å²) in [4.78, 5) is 2.31. The molecule has 2 heteroatoms. The molecule has 1 aromatic carbocycles. The van der Waals surface area contributed by atoms with E-state index in [0.717, 1.165) is 25.2 Å². The fraction of sp³-hybridized carbons (Fsp3) is 0.400. The molecule has 1 heterocycles. The van der Waals surface area contributed by atoms with Crippen LogP contribution >= 0.6 is 0 Å². The lowest BCUT2D eigenvalue weighted by Crippen LogP contribution is -2.14. The van der Waals surface area contributed by atoms with Crippen LogP contribution in [0.3, 0.4) is 0 Å². The van der Waals surface area contributed by atoms with Crippen LogP contribution in [0.4, 0.5) is 0 Å². The summed E-state index contributed by atoms with van der Waals surface area (Å²) < 4.78 is 0. The lowest BCUT2D eigenvalue weighted by molar-refractivity contribution is 0.298. The maximum atomic E-state index is 9.52. The molecule has 2 nitrogen and oxygen atoms in total. The summed E-state index contributed by atoms with van der Waals surface area (Å²) in [7, 11) is 0. The summed E-state index contributed by atoms with van der Waals surface area (Å²) in [6, 6.07) is 5.76. The van der Waals surface area contributed by atoms with E-state index < -0.39 is 0 Å². The van der Waals surface area contributed by atoms with Crippen LogP contribution in [0.25, 0.3) is 0 Å². The quantitative estimate of drug-likeness (QED) is 0.681. The Kier molecular flexibility index (Phi) is 1.77. The van der Waals surface area contributed by atoms with Gasteiger partial charge in [0.05, 0.1) is 0 Å². The zero-order valence-corrected chi connectivity index (χ0v) is 7.25. The summed E-state index contributed by atoms with van der Waals surface area (Å²) in [6.45, 7) is 5.08. The maximum Gasteiger partial charge on any atom is 0.120 e. The molecule has 12 heavy (non-hydrogen) atoms. The molecular formula is C10H13NO. The van der Waals surface area contributed by atoms with E-state index >= 15 is 0 Å². The second-order valence-electron chi connectivity index (χ2n) is 3.22. The van der Waals surface area contributed by atoms with Crippen molar-refractivity contribution < 1.29 is 5.11 Å². The maximum absolute atomic E-state index is 9.52. The molecule has 1 aliphatic heterocycles. The van der Waals surface area contributed by atoms with Crippen LogP contribution in [0.2, 0.25) is 0 Å². The summed E-state index contributed by atoms with van der Waals surface area (Å²) >= 11 is 0. The summed E-state index contributed by atoms with van der Waals surface area (Å²) in [6.07, 6.45) is 0. The van der Waals surface area contributed by atoms with Crippen LogP contribution in [0, 0.1) is 0 Å². The fourth-order valence-corrected chi connectivity index (χ4v) is 1.70. The number of benzene rings is 1. The van der Waals surface area contributed by atoms with Gasteiger partial charge in [0.1, 0.15) is 5.75 Å². The zero-order valence-electron chi connectivity index (χ0n) is 7.25. The van der Waals surface area contributed by atoms with Crippen molar-refractivity contribution in [2.24, 2.45) is 0 Å². The molecule has 1 N–H and O–H groups in total. The van der Waals surface area contributed by atoms with Crippen LogP contribution in [-0.2, 0) is 13.1 Å². The Morgan fingerprint density at radius 3 is 2.92 bits per heavy atom. The predicted molar refractivity (Wildman–Crippen MR) is 47.9 cm³/mol. The highest BCUT2D eigenvalue weighted by Gasteiger charge is 2.19. The predicted octanol–water partition coefficient (Wildman–Crippen LogP) is 1.73. The standard InChI is InChI=1S/C10H13NO/c1-2-11-6-8-4-3-5-10(12)9(8)7-11/h3-5,12H,2,6-7H2,1H3. The Hall–Kier alpha value is -1.02. The molecule has 2 rings (SSSR count). The van der Waals surface area contributed by atoms with E-state index in [-0.39, 0.29) is 0 Å². The minimum absolute atomic E-state index is 0.448. The molecule has 0 saturated carbocycles. The van der Waals surface area contributed by atoms with Crippen LogP contribution in [0.1, 0.15) is 18.1 Å². The van der Waals surface area contributed by atoms with Crippen molar-refractivity contribution in [1.82, 2.24) is 4.90 Å². The van der Waals surface area contributed by atoms with Gasteiger partial charge in [-0.05, 0) is 18.2 Å². The van der Waals surface area contributed by atoms with Crippen LogP contribution < -0.4 is 0 Å². The van der Waals surface area contributed by atoms with Gasteiger partial charge in [0.15, 0.2) is 0 Å². The van der Waals surface area contributed by atoms with E-state index in [4.69, 9.17) is 0 Å². The number of aromatic hydroxyl groups is 1. The number of nitrogens with zero attached hydrogens (tertiary/aromatic N) is 1. The first-order valence-electron chi connectivity index (χ1n) is 4.33. The molecule has 0 atom stereocenters. The molecule has 0 fully saturated rings. The SMILES string of the molecule is CCN1Cc2cccc(O)c2C1. The lowest BCUT2D eigenvalue weighted by atomic mass is 10.1. The molecule has 0 bridgehead atoms. The van der Waals surface area contributed by atoms with Crippen molar-refractivity contribution in [3.8, 4) is 5.75 Å². The number of hydrogen-bond acceptors (Lipinski definition) is 2. The Morgan fingerprint density at radius 2 is 2.25 bits per heavy atom. The van der Waals surface area contributed by atoms with Gasteiger partial charge in [0, 0.05) is 18.7 Å². The van der Waals surface area contributed by atoms with Crippen molar-refractivity contribution in [3.63, 3.8) is 0 Å². The number of rotatable bonds is 1. The van der Waals surface area contributed by atoms with Crippen molar-refractivity contribution in [1.29, 1.82) is 0 Å². The highest BCUT2D eigenvalue weighted by molar-refractivity contribution is 5.41. The van der Waals surface area contributed by atoms with Gasteiger partial charge in [-0.15, -0.1) is 0 Å². The number of hydrogen-bond donors (Lipinski definition) is 1. The van der Waals surface area contributed by atoms with E-state index in [0.29, 0.717) is 5.75 Å². The van der Waals surface area contributed by atoms with Gasteiger partial charge in [0.2, 0.25) is 0 Å². The molecule has 0 amide bonds. The topological polar surface area (TPSA) is 23.5 Å². The van der Waals surface area contributed by atoms with E-state index in [2.05, 4.69) is 17.9 Å². The van der Waals surface area contributed by atoms with Gasteiger partial charge in [-0.3, -0.25) is 4.90 Å². The first kappa shape index (κ1) is 7.62. The van der Waals surface area contributed by atoms with Crippen LogP contribution in [0.5, 0.6) is 5.75 Å². The highest BCUT2D eigenvalue weighted by Crippen LogP contribution is 2.29. The normalized spacial score (nSPS) is 16.4. The highest BCUT2D eigenvalue weighted by atomic mass is 16.3. The molecular weight excluding hydrogens is 150 g/mol. The van der Waals surface area contributed by atoms with Gasteiger partial charge in [0.25, 0.3) is 0 Å². The summed E-state index contributed by atoms with van der Waals surface area (Å²) in [5, 5.41) is 9.52. The Morgan fingerprint density at radius 1 is 1.42 bits per heavy atom. The average molecular weight is 163 g/mol. The number of phenols is 1. The Bertz CT molecular complexity index is 296. The Labute approximate surface area is 72.4 Å². The van der Waals surface area contributed by atoms with Crippen molar-refractivity contribution >= 4 is 0 Å². The number of fused-ring (bicyclic) bond motifs is 1. The lowest BCUT2D eigenvalue weighted by Gasteiger charge is -2.09. The molecule has 1 aromatic rings. The Balaban J connectivity index is 2.35. The molecule has 0 unspecified atom stereocenters. The van der Waals surface area contributed by atoms with E-state index in [1.165, 1.54) is 5.56 Å². The second kappa shape index (κ2) is 2.79. The van der Waals surface area contributed by atoms with E-state index in [1.807, 2.05) is 6.07 Å². The molecule has 64 valence electrons. The van der Waals surface area contributed by atoms with Gasteiger partial charge in [-0.1, -0.05) is 19.1 Å². The van der Waals surface area contributed by atoms with Crippen LogP contribution in [0.15, 0.2) is 18.2 Å². The van der Waals surface area contributed by atoms with Gasteiger partial charge in [-0.25, -0.2) is 0 Å². The molecule has 0 radical (unpaired) electrons. The van der Waals surface area contributed by atoms with Crippen molar-refractivity contribution in [2.75, 3.05) is 6.54 Å². The molecule has 0 saturated heterocycles. The minimum atomic E-state index is 0.448. The third kappa shape index (κ3) is 1.08. The van der Waals surface area contributed by atoms with Gasteiger partial charge in [-0.2, -0.15) is 0 Å². The first-order valence-corrected chi connectivity index (χ1v) is 4.33. The third-order valence-corrected chi connectivity index (χ3v) is 2.47. The molecule has 1 aliphatic rings. The summed E-state index contributed by atoms with van der Waals surface area (Å²) in [5.74, 6) is 0.448. The minimum Gasteiger partial charge on any atom is -0.508 e. The fourth-order valence-electron chi connectivity index (χ4n) is 1.70. The smallest absolute Gasteiger partial charge is 0.120 e. The number of phenolic OH excluding ortho intramolecular Hbond substituents is 1. The average Bonchev–Trinajstić information content (AvgIpc) is 2.49. The monoisotopic (exact) mass is 163 g/mol. The molecule has 0 aliphatic carbocycles. The van der Waals surface area contributed by atoms with E-state index in [1.54, 1.807) is 6.07 Å². The largest absolute Gasteiger partial charge is 0.508 e. The van der Waals surface area contributed by atoms with E-state index in [9.17, 15) is 5.11 Å².